The molecule has 0 radical (unpaired) electrons. The number of halogens is 1. The minimum Gasteiger partial charge on any atom is -0.397 e. The summed E-state index contributed by atoms with van der Waals surface area (Å²) < 4.78 is 0. The van der Waals surface area contributed by atoms with Crippen molar-refractivity contribution in [3.8, 4) is 0 Å². The molecular weight excluding hydrogens is 408 g/mol. The topological polar surface area (TPSA) is 148 Å². The maximum Gasteiger partial charge on any atom is 0.269 e. The Kier molecular flexibility index (Phi) is 6.84. The molecular formula is C20H25ClN6O3. The van der Waals surface area contributed by atoms with Crippen LogP contribution in [0.5, 0.6) is 0 Å². The number of pyridine rings is 1. The highest BCUT2D eigenvalue weighted by molar-refractivity contribution is 6.28. The van der Waals surface area contributed by atoms with Gasteiger partial charge in [0, 0.05) is 43.8 Å². The molecule has 0 spiro atoms. The molecule has 160 valence electrons. The van der Waals surface area contributed by atoms with E-state index < -0.39 is 5.91 Å². The second kappa shape index (κ2) is 9.36. The summed E-state index contributed by atoms with van der Waals surface area (Å²) in [5.74, 6) is -0.222. The minimum atomic E-state index is -0.643. The molecule has 0 aromatic carbocycles. The predicted molar refractivity (Wildman–Crippen MR) is 114 cm³/mol. The van der Waals surface area contributed by atoms with E-state index in [0.29, 0.717) is 18.9 Å². The van der Waals surface area contributed by atoms with Gasteiger partial charge in [-0.15, -0.1) is 0 Å². The van der Waals surface area contributed by atoms with Crippen molar-refractivity contribution in [2.45, 2.75) is 32.1 Å². The molecule has 9 nitrogen and oxygen atoms in total. The lowest BCUT2D eigenvalue weighted by molar-refractivity contribution is 0.0937. The van der Waals surface area contributed by atoms with Gasteiger partial charge in [0.2, 0.25) is 5.28 Å². The number of nitrogens with zero attached hydrogens (tertiary/aromatic N) is 4. The summed E-state index contributed by atoms with van der Waals surface area (Å²) in [7, 11) is 0. The SMILES string of the molecule is C[C@H](CO)CC(=O)c1cc(N2CCC(c3ccc(N)c(C(N)=O)n3)CC2)nc(Cl)n1. The van der Waals surface area contributed by atoms with E-state index >= 15 is 0 Å². The molecule has 2 aromatic rings. The number of carbonyl (C=O) groups excluding carboxylic acids is 2. The number of ketones is 1. The summed E-state index contributed by atoms with van der Waals surface area (Å²) in [5, 5.41) is 9.18. The van der Waals surface area contributed by atoms with Crippen LogP contribution in [0.4, 0.5) is 11.5 Å². The molecule has 1 aliphatic heterocycles. The lowest BCUT2D eigenvalue weighted by atomic mass is 9.92. The predicted octanol–water partition coefficient (Wildman–Crippen LogP) is 1.79. The minimum absolute atomic E-state index is 0.0147. The molecule has 0 bridgehead atoms. The number of rotatable bonds is 7. The van der Waals surface area contributed by atoms with Gasteiger partial charge < -0.3 is 21.5 Å². The smallest absolute Gasteiger partial charge is 0.269 e. The van der Waals surface area contributed by atoms with Crippen molar-refractivity contribution in [1.82, 2.24) is 15.0 Å². The van der Waals surface area contributed by atoms with Gasteiger partial charge in [0.1, 0.15) is 11.5 Å². The number of anilines is 2. The number of carbonyl (C=O) groups is 2. The first kappa shape index (κ1) is 21.9. The van der Waals surface area contributed by atoms with Gasteiger partial charge in [0.05, 0.1) is 5.69 Å². The number of amides is 1. The molecule has 30 heavy (non-hydrogen) atoms. The van der Waals surface area contributed by atoms with Gasteiger partial charge in [-0.2, -0.15) is 0 Å². The van der Waals surface area contributed by atoms with Gasteiger partial charge in [-0.3, -0.25) is 9.59 Å². The molecule has 3 heterocycles. The third-order valence-corrected chi connectivity index (χ3v) is 5.40. The van der Waals surface area contributed by atoms with E-state index in [1.165, 1.54) is 0 Å². The van der Waals surface area contributed by atoms with E-state index in [0.717, 1.165) is 18.5 Å². The van der Waals surface area contributed by atoms with E-state index in [2.05, 4.69) is 15.0 Å². The third kappa shape index (κ3) is 5.03. The van der Waals surface area contributed by atoms with Crippen LogP contribution in [0, 0.1) is 5.92 Å². The number of nitrogens with two attached hydrogens (primary N) is 2. The van der Waals surface area contributed by atoms with Gasteiger partial charge in [0.25, 0.3) is 5.91 Å². The summed E-state index contributed by atoms with van der Waals surface area (Å²) in [6.07, 6.45) is 1.75. The zero-order valence-electron chi connectivity index (χ0n) is 16.7. The van der Waals surface area contributed by atoms with Crippen LogP contribution in [0.25, 0.3) is 0 Å². The van der Waals surface area contributed by atoms with Gasteiger partial charge in [0.15, 0.2) is 11.5 Å². The van der Waals surface area contributed by atoms with Crippen LogP contribution in [-0.4, -0.2) is 51.4 Å². The van der Waals surface area contributed by atoms with Gasteiger partial charge in [-0.1, -0.05) is 6.92 Å². The van der Waals surface area contributed by atoms with Crippen LogP contribution in [0.2, 0.25) is 5.28 Å². The molecule has 1 fully saturated rings. The first-order valence-electron chi connectivity index (χ1n) is 9.78. The lowest BCUT2D eigenvalue weighted by Gasteiger charge is -2.32. The number of hydrogen-bond acceptors (Lipinski definition) is 8. The Balaban J connectivity index is 1.71. The molecule has 1 amide bonds. The van der Waals surface area contributed by atoms with Crippen molar-refractivity contribution >= 4 is 34.8 Å². The molecule has 3 rings (SSSR count). The highest BCUT2D eigenvalue weighted by Crippen LogP contribution is 2.30. The molecule has 1 aliphatic rings. The summed E-state index contributed by atoms with van der Waals surface area (Å²) in [4.78, 5) is 38.6. The normalized spacial score (nSPS) is 15.8. The zero-order valence-corrected chi connectivity index (χ0v) is 17.5. The molecule has 0 unspecified atom stereocenters. The first-order valence-corrected chi connectivity index (χ1v) is 10.2. The summed E-state index contributed by atoms with van der Waals surface area (Å²) in [6.45, 7) is 3.08. The van der Waals surface area contributed by atoms with Crippen molar-refractivity contribution in [2.24, 2.45) is 11.7 Å². The van der Waals surface area contributed by atoms with Crippen molar-refractivity contribution in [1.29, 1.82) is 0 Å². The molecule has 0 saturated carbocycles. The number of nitrogen functional groups attached to an aromatic ring is 1. The van der Waals surface area contributed by atoms with Gasteiger partial charge >= 0.3 is 0 Å². The largest absolute Gasteiger partial charge is 0.397 e. The van der Waals surface area contributed by atoms with Crippen LogP contribution in [0.3, 0.4) is 0 Å². The maximum atomic E-state index is 12.4. The number of primary amides is 1. The molecule has 10 heteroatoms. The van der Waals surface area contributed by atoms with Crippen LogP contribution in [-0.2, 0) is 0 Å². The summed E-state index contributed by atoms with van der Waals surface area (Å²) in [6, 6.07) is 5.12. The van der Waals surface area contributed by atoms with E-state index in [-0.39, 0.29) is 53.0 Å². The molecule has 0 aliphatic carbocycles. The number of Topliss-reactive ketones (excluding diaryl/α,β-unsaturated/α-hetero) is 1. The quantitative estimate of drug-likeness (QED) is 0.442. The Bertz CT molecular complexity index is 946. The Morgan fingerprint density at radius 1 is 1.27 bits per heavy atom. The standard InChI is InChI=1S/C20H25ClN6O3/c1-11(10-28)8-16(29)15-9-17(26-20(21)25-15)27-6-4-12(5-7-27)14-3-2-13(22)18(24-14)19(23)30/h2-3,9,11-12,28H,4-8,10,22H2,1H3,(H2,23,30)/t11-/m0/s1. The Labute approximate surface area is 179 Å². The Morgan fingerprint density at radius 2 is 1.97 bits per heavy atom. The van der Waals surface area contributed by atoms with Crippen LogP contribution in [0.1, 0.15) is 58.8 Å². The van der Waals surface area contributed by atoms with E-state index in [9.17, 15) is 9.59 Å². The van der Waals surface area contributed by atoms with E-state index in [1.807, 2.05) is 11.0 Å². The zero-order chi connectivity index (χ0) is 21.8. The molecule has 2 aromatic heterocycles. The molecule has 1 saturated heterocycles. The second-order valence-electron chi connectivity index (χ2n) is 7.59. The number of piperidine rings is 1. The van der Waals surface area contributed by atoms with Crippen molar-refractivity contribution in [3.63, 3.8) is 0 Å². The summed E-state index contributed by atoms with van der Waals surface area (Å²) in [5.41, 5.74) is 12.5. The number of hydrogen-bond donors (Lipinski definition) is 3. The first-order chi connectivity index (χ1) is 14.3. The average molecular weight is 433 g/mol. The van der Waals surface area contributed by atoms with Crippen molar-refractivity contribution in [3.05, 3.63) is 40.6 Å². The van der Waals surface area contributed by atoms with Crippen molar-refractivity contribution < 1.29 is 14.7 Å². The van der Waals surface area contributed by atoms with Gasteiger partial charge in [-0.05, 0) is 42.5 Å². The lowest BCUT2D eigenvalue weighted by Crippen LogP contribution is -2.34. The maximum absolute atomic E-state index is 12.4. The summed E-state index contributed by atoms with van der Waals surface area (Å²) >= 11 is 6.05. The number of aliphatic hydroxyl groups excluding tert-OH is 1. The van der Waals surface area contributed by atoms with Gasteiger partial charge in [-0.25, -0.2) is 15.0 Å². The van der Waals surface area contributed by atoms with Crippen LogP contribution in [0.15, 0.2) is 18.2 Å². The third-order valence-electron chi connectivity index (χ3n) is 5.24. The van der Waals surface area contributed by atoms with Crippen LogP contribution >= 0.6 is 11.6 Å². The average Bonchev–Trinajstić information content (AvgIpc) is 2.73. The second-order valence-corrected chi connectivity index (χ2v) is 7.93. The Hall–Kier alpha value is -2.78. The monoisotopic (exact) mass is 432 g/mol. The molecule has 1 atom stereocenters. The fourth-order valence-corrected chi connectivity index (χ4v) is 3.69. The highest BCUT2D eigenvalue weighted by Gasteiger charge is 2.25. The fourth-order valence-electron chi connectivity index (χ4n) is 3.51. The van der Waals surface area contributed by atoms with Crippen LogP contribution < -0.4 is 16.4 Å². The number of aliphatic hydroxyl groups is 1. The van der Waals surface area contributed by atoms with E-state index in [1.54, 1.807) is 19.1 Å². The Morgan fingerprint density at radius 3 is 2.60 bits per heavy atom. The fraction of sp³-hybridized carbons (Fsp3) is 0.450. The van der Waals surface area contributed by atoms with Crippen molar-refractivity contribution in [2.75, 3.05) is 30.3 Å². The number of aromatic nitrogens is 3. The molecule has 5 N–H and O–H groups in total. The van der Waals surface area contributed by atoms with E-state index in [4.69, 9.17) is 28.2 Å². The highest BCUT2D eigenvalue weighted by atomic mass is 35.5.